The van der Waals surface area contributed by atoms with Crippen LogP contribution < -0.4 is 10.6 Å². The summed E-state index contributed by atoms with van der Waals surface area (Å²) in [6.45, 7) is 3.23. The Bertz CT molecular complexity index is 349. The summed E-state index contributed by atoms with van der Waals surface area (Å²) in [6.07, 6.45) is -0.216. The largest absolute Gasteiger partial charge is 0.391 e. The second-order valence-corrected chi connectivity index (χ2v) is 4.68. The summed E-state index contributed by atoms with van der Waals surface area (Å²) in [6, 6.07) is 7.82. The van der Waals surface area contributed by atoms with Crippen molar-refractivity contribution in [3.8, 4) is 0 Å². The van der Waals surface area contributed by atoms with Gasteiger partial charge in [0.05, 0.1) is 6.10 Å². The Morgan fingerprint density at radius 1 is 1.41 bits per heavy atom. The molecule has 1 heterocycles. The first-order chi connectivity index (χ1) is 7.75. The van der Waals surface area contributed by atoms with Crippen molar-refractivity contribution in [1.29, 1.82) is 0 Å². The van der Waals surface area contributed by atoms with Crippen molar-refractivity contribution in [1.82, 2.24) is 10.6 Å². The molecule has 0 aliphatic carbocycles. The highest BCUT2D eigenvalue weighted by Gasteiger charge is 2.23. The molecule has 1 aliphatic rings. The summed E-state index contributed by atoms with van der Waals surface area (Å²) in [5.74, 6) is 0.319. The quantitative estimate of drug-likeness (QED) is 0.780. The Morgan fingerprint density at radius 2 is 2.24 bits per heavy atom. The number of halogens is 2. The standard InChI is InChI=1S/C12H17ClN2O.ClH/c13-11-3-1-2-9(4-11)5-14-6-10-7-15-8-12(10)16;/h1-4,10,12,14-16H,5-8H2;1H. The minimum atomic E-state index is -0.216. The lowest BCUT2D eigenvalue weighted by atomic mass is 10.1. The van der Waals surface area contributed by atoms with Gasteiger partial charge in [0.15, 0.2) is 0 Å². The SMILES string of the molecule is Cl.OC1CNCC1CNCc1cccc(Cl)c1. The van der Waals surface area contributed by atoms with E-state index in [4.69, 9.17) is 11.6 Å². The van der Waals surface area contributed by atoms with Crippen molar-refractivity contribution in [3.05, 3.63) is 34.9 Å². The molecule has 0 saturated carbocycles. The van der Waals surface area contributed by atoms with Crippen molar-refractivity contribution in [2.45, 2.75) is 12.6 Å². The summed E-state index contributed by atoms with van der Waals surface area (Å²) in [7, 11) is 0. The highest BCUT2D eigenvalue weighted by Crippen LogP contribution is 2.11. The average Bonchev–Trinajstić information content (AvgIpc) is 2.65. The number of nitrogens with one attached hydrogen (secondary N) is 2. The van der Waals surface area contributed by atoms with Crippen molar-refractivity contribution in [2.75, 3.05) is 19.6 Å². The minimum Gasteiger partial charge on any atom is -0.391 e. The fourth-order valence-corrected chi connectivity index (χ4v) is 2.19. The number of aliphatic hydroxyl groups excluding tert-OH is 1. The van der Waals surface area contributed by atoms with E-state index < -0.39 is 0 Å². The first-order valence-corrected chi connectivity index (χ1v) is 5.97. The molecular formula is C12H18Cl2N2O. The van der Waals surface area contributed by atoms with E-state index in [9.17, 15) is 5.11 Å². The topological polar surface area (TPSA) is 44.3 Å². The van der Waals surface area contributed by atoms with Crippen LogP contribution in [-0.2, 0) is 6.54 Å². The third-order valence-electron chi connectivity index (χ3n) is 2.93. The van der Waals surface area contributed by atoms with Crippen molar-refractivity contribution in [3.63, 3.8) is 0 Å². The van der Waals surface area contributed by atoms with Crippen LogP contribution in [0.4, 0.5) is 0 Å². The summed E-state index contributed by atoms with van der Waals surface area (Å²) >= 11 is 5.90. The Hall–Kier alpha value is -0.320. The van der Waals surface area contributed by atoms with Gasteiger partial charge in [-0.3, -0.25) is 0 Å². The molecule has 2 atom stereocenters. The van der Waals surface area contributed by atoms with Crippen LogP contribution in [-0.4, -0.2) is 30.8 Å². The van der Waals surface area contributed by atoms with Gasteiger partial charge in [0.25, 0.3) is 0 Å². The zero-order valence-corrected chi connectivity index (χ0v) is 11.1. The maximum Gasteiger partial charge on any atom is 0.0716 e. The molecule has 3 nitrogen and oxygen atoms in total. The third kappa shape index (κ3) is 4.45. The van der Waals surface area contributed by atoms with Gasteiger partial charge in [-0.25, -0.2) is 0 Å². The molecule has 1 aromatic rings. The Balaban J connectivity index is 0.00000144. The molecule has 0 spiro atoms. The van der Waals surface area contributed by atoms with Gasteiger partial charge in [-0.1, -0.05) is 23.7 Å². The first kappa shape index (κ1) is 14.7. The minimum absolute atomic E-state index is 0. The maximum atomic E-state index is 9.61. The lowest BCUT2D eigenvalue weighted by Crippen LogP contribution is -2.30. The number of aliphatic hydroxyl groups is 1. The highest BCUT2D eigenvalue weighted by atomic mass is 35.5. The highest BCUT2D eigenvalue weighted by molar-refractivity contribution is 6.30. The van der Waals surface area contributed by atoms with E-state index in [1.54, 1.807) is 0 Å². The smallest absolute Gasteiger partial charge is 0.0716 e. The molecule has 5 heteroatoms. The van der Waals surface area contributed by atoms with E-state index in [1.165, 1.54) is 5.56 Å². The van der Waals surface area contributed by atoms with Crippen LogP contribution in [0.25, 0.3) is 0 Å². The molecular weight excluding hydrogens is 259 g/mol. The summed E-state index contributed by atoms with van der Waals surface area (Å²) in [4.78, 5) is 0. The molecule has 1 aliphatic heterocycles. The van der Waals surface area contributed by atoms with E-state index in [0.29, 0.717) is 12.5 Å². The zero-order chi connectivity index (χ0) is 11.4. The van der Waals surface area contributed by atoms with Gasteiger partial charge in [0.1, 0.15) is 0 Å². The zero-order valence-electron chi connectivity index (χ0n) is 9.53. The van der Waals surface area contributed by atoms with Gasteiger partial charge in [-0.05, 0) is 17.7 Å². The fraction of sp³-hybridized carbons (Fsp3) is 0.500. The van der Waals surface area contributed by atoms with Crippen LogP contribution in [0.1, 0.15) is 5.56 Å². The number of β-amino-alcohol motifs (C(OH)–C–C–N with tert-alkyl or cyclic N) is 1. The number of hydrogen-bond acceptors (Lipinski definition) is 3. The van der Waals surface area contributed by atoms with E-state index in [1.807, 2.05) is 24.3 Å². The molecule has 0 amide bonds. The van der Waals surface area contributed by atoms with Gasteiger partial charge >= 0.3 is 0 Å². The maximum absolute atomic E-state index is 9.61. The lowest BCUT2D eigenvalue weighted by Gasteiger charge is -2.14. The van der Waals surface area contributed by atoms with Crippen molar-refractivity contribution < 1.29 is 5.11 Å². The number of hydrogen-bond donors (Lipinski definition) is 3. The Kier molecular flexibility index (Phi) is 6.23. The second kappa shape index (κ2) is 7.19. The fourth-order valence-electron chi connectivity index (χ4n) is 1.98. The van der Waals surface area contributed by atoms with E-state index in [2.05, 4.69) is 10.6 Å². The van der Waals surface area contributed by atoms with E-state index >= 15 is 0 Å². The second-order valence-electron chi connectivity index (χ2n) is 4.25. The molecule has 96 valence electrons. The molecule has 1 aromatic carbocycles. The average molecular weight is 277 g/mol. The van der Waals surface area contributed by atoms with Crippen LogP contribution in [0.2, 0.25) is 5.02 Å². The van der Waals surface area contributed by atoms with Gasteiger partial charge in [-0.2, -0.15) is 0 Å². The Labute approximate surface area is 113 Å². The van der Waals surface area contributed by atoms with Crippen LogP contribution in [0, 0.1) is 5.92 Å². The van der Waals surface area contributed by atoms with Crippen LogP contribution in [0.3, 0.4) is 0 Å². The molecule has 1 saturated heterocycles. The first-order valence-electron chi connectivity index (χ1n) is 5.59. The van der Waals surface area contributed by atoms with Gasteiger partial charge in [-0.15, -0.1) is 12.4 Å². The number of benzene rings is 1. The third-order valence-corrected chi connectivity index (χ3v) is 3.16. The van der Waals surface area contributed by atoms with E-state index in [-0.39, 0.29) is 18.5 Å². The predicted octanol–water partition coefficient (Wildman–Crippen LogP) is 1.43. The number of rotatable bonds is 4. The summed E-state index contributed by atoms with van der Waals surface area (Å²) in [5, 5.41) is 16.9. The molecule has 0 radical (unpaired) electrons. The molecule has 3 N–H and O–H groups in total. The molecule has 17 heavy (non-hydrogen) atoms. The van der Waals surface area contributed by atoms with E-state index in [0.717, 1.165) is 24.7 Å². The summed E-state index contributed by atoms with van der Waals surface area (Å²) < 4.78 is 0. The van der Waals surface area contributed by atoms with Crippen LogP contribution in [0.5, 0.6) is 0 Å². The van der Waals surface area contributed by atoms with Gasteiger partial charge in [0, 0.05) is 37.1 Å². The molecule has 2 rings (SSSR count). The van der Waals surface area contributed by atoms with Gasteiger partial charge < -0.3 is 15.7 Å². The molecule has 1 fully saturated rings. The molecule has 0 aromatic heterocycles. The normalized spacial score (nSPS) is 23.4. The Morgan fingerprint density at radius 3 is 2.88 bits per heavy atom. The van der Waals surface area contributed by atoms with Crippen molar-refractivity contribution in [2.24, 2.45) is 5.92 Å². The monoisotopic (exact) mass is 276 g/mol. The predicted molar refractivity (Wildman–Crippen MR) is 72.8 cm³/mol. The van der Waals surface area contributed by atoms with Crippen LogP contribution >= 0.6 is 24.0 Å². The summed E-state index contributed by atoms with van der Waals surface area (Å²) in [5.41, 5.74) is 1.17. The van der Waals surface area contributed by atoms with Gasteiger partial charge in [0.2, 0.25) is 0 Å². The van der Waals surface area contributed by atoms with Crippen molar-refractivity contribution >= 4 is 24.0 Å². The lowest BCUT2D eigenvalue weighted by molar-refractivity contribution is 0.146. The molecule has 0 bridgehead atoms. The van der Waals surface area contributed by atoms with Crippen LogP contribution in [0.15, 0.2) is 24.3 Å². The molecule has 2 unspecified atom stereocenters.